The molecule has 0 saturated carbocycles. The molecule has 0 unspecified atom stereocenters. The van der Waals surface area contributed by atoms with Crippen molar-refractivity contribution in [2.45, 2.75) is 18.9 Å². The molecule has 0 radical (unpaired) electrons. The number of aromatic nitrogens is 1. The molecule has 0 spiro atoms. The summed E-state index contributed by atoms with van der Waals surface area (Å²) in [5, 5.41) is 0. The maximum atomic E-state index is 14.2. The van der Waals surface area contributed by atoms with Crippen molar-refractivity contribution in [1.82, 2.24) is 4.57 Å². The second-order valence-electron chi connectivity index (χ2n) is 9.86. The third kappa shape index (κ3) is 4.86. The van der Waals surface area contributed by atoms with Gasteiger partial charge in [0.05, 0.1) is 42.1 Å². The van der Waals surface area contributed by atoms with E-state index in [2.05, 4.69) is 40.7 Å². The van der Waals surface area contributed by atoms with Gasteiger partial charge < -0.3 is 18.9 Å². The van der Waals surface area contributed by atoms with Gasteiger partial charge in [-0.1, -0.05) is 54.3 Å². The van der Waals surface area contributed by atoms with Gasteiger partial charge in [0.25, 0.3) is 5.56 Å². The number of methoxy groups -OCH3 is 3. The number of fused-ring (bicyclic) bond motifs is 3. The molecule has 4 aromatic rings. The molecule has 1 aromatic heterocycles. The zero-order valence-corrected chi connectivity index (χ0v) is 25.9. The van der Waals surface area contributed by atoms with E-state index < -0.39 is 0 Å². The van der Waals surface area contributed by atoms with E-state index in [0.717, 1.165) is 45.3 Å². The summed E-state index contributed by atoms with van der Waals surface area (Å²) in [6.07, 6.45) is 5.23. The van der Waals surface area contributed by atoms with Gasteiger partial charge in [-0.3, -0.25) is 9.36 Å². The van der Waals surface area contributed by atoms with Crippen molar-refractivity contribution in [2.24, 2.45) is 4.99 Å². The predicted molar refractivity (Wildman–Crippen MR) is 169 cm³/mol. The molecule has 214 valence electrons. The van der Waals surface area contributed by atoms with Gasteiger partial charge in [0.2, 0.25) is 0 Å². The number of allylic oxidation sites excluding steroid dienone is 1. The largest absolute Gasteiger partial charge is 0.493 e. The highest BCUT2D eigenvalue weighted by Gasteiger charge is 2.33. The van der Waals surface area contributed by atoms with Gasteiger partial charge in [-0.15, -0.1) is 0 Å². The Balaban J connectivity index is 1.56. The molecule has 3 aromatic carbocycles. The van der Waals surface area contributed by atoms with Crippen LogP contribution in [0.4, 0.5) is 0 Å². The van der Waals surface area contributed by atoms with Crippen molar-refractivity contribution < 1.29 is 18.9 Å². The van der Waals surface area contributed by atoms with Crippen LogP contribution < -0.4 is 33.8 Å². The minimum atomic E-state index is -0.331. The Labute approximate surface area is 255 Å². The van der Waals surface area contributed by atoms with Gasteiger partial charge in [0.1, 0.15) is 6.61 Å². The third-order valence-electron chi connectivity index (χ3n) is 7.49. The summed E-state index contributed by atoms with van der Waals surface area (Å²) in [6.45, 7) is 4.06. The number of benzene rings is 3. The van der Waals surface area contributed by atoms with E-state index in [4.69, 9.17) is 23.9 Å². The molecule has 0 bridgehead atoms. The Morgan fingerprint density at radius 3 is 2.57 bits per heavy atom. The van der Waals surface area contributed by atoms with Crippen LogP contribution in [0.3, 0.4) is 0 Å². The fourth-order valence-corrected chi connectivity index (χ4v) is 7.18. The Bertz CT molecular complexity index is 1920. The predicted octanol–water partition coefficient (Wildman–Crippen LogP) is 5.67. The highest BCUT2D eigenvalue weighted by Crippen LogP contribution is 2.43. The van der Waals surface area contributed by atoms with Gasteiger partial charge in [-0.05, 0) is 81.4 Å². The van der Waals surface area contributed by atoms with Crippen molar-refractivity contribution in [2.75, 3.05) is 27.9 Å². The number of rotatable bonds is 8. The highest BCUT2D eigenvalue weighted by atomic mass is 79.9. The Kier molecular flexibility index (Phi) is 7.79. The van der Waals surface area contributed by atoms with Crippen molar-refractivity contribution in [3.8, 4) is 23.0 Å². The van der Waals surface area contributed by atoms with Crippen LogP contribution in [0.5, 0.6) is 23.0 Å². The lowest BCUT2D eigenvalue weighted by molar-refractivity contribution is 0.324. The van der Waals surface area contributed by atoms with Crippen LogP contribution >= 0.6 is 27.3 Å². The Morgan fingerprint density at radius 1 is 1.02 bits per heavy atom. The maximum absolute atomic E-state index is 14.2. The first kappa shape index (κ1) is 28.1. The van der Waals surface area contributed by atoms with Crippen molar-refractivity contribution in [1.29, 1.82) is 0 Å². The minimum absolute atomic E-state index is 0.106. The van der Waals surface area contributed by atoms with Crippen LogP contribution in [0.15, 0.2) is 87.1 Å². The standard InChI is InChI=1S/C33H29BrN2O5S/c1-5-14-41-31-24(34)15-19(16-27(31)40-4)17-28-32(37)36-30(21-11-13-25(38-2)26(18-21)39-3)23-12-10-20-8-6-7-9-22(20)29(23)35-33(36)42-28/h5-9,11,13,15-18,30H,1,10,12,14H2,2-4H3/b28-17-/t30-/m0/s1. The number of halogens is 1. The van der Waals surface area contributed by atoms with Gasteiger partial charge >= 0.3 is 0 Å². The molecule has 1 aliphatic carbocycles. The average molecular weight is 646 g/mol. The fourth-order valence-electron chi connectivity index (χ4n) is 5.60. The quantitative estimate of drug-likeness (QED) is 0.231. The van der Waals surface area contributed by atoms with Crippen LogP contribution in [0.2, 0.25) is 0 Å². The van der Waals surface area contributed by atoms with Crippen LogP contribution in [-0.2, 0) is 6.42 Å². The smallest absolute Gasteiger partial charge is 0.271 e. The summed E-state index contributed by atoms with van der Waals surface area (Å²) < 4.78 is 25.6. The number of ether oxygens (including phenoxy) is 4. The molecule has 0 saturated heterocycles. The molecule has 6 rings (SSSR count). The van der Waals surface area contributed by atoms with Crippen molar-refractivity contribution in [3.05, 3.63) is 119 Å². The first-order valence-electron chi connectivity index (χ1n) is 13.4. The van der Waals surface area contributed by atoms with E-state index in [1.807, 2.05) is 47.0 Å². The lowest BCUT2D eigenvalue weighted by Crippen LogP contribution is -2.38. The normalized spacial score (nSPS) is 15.7. The van der Waals surface area contributed by atoms with E-state index >= 15 is 0 Å². The summed E-state index contributed by atoms with van der Waals surface area (Å²) in [6, 6.07) is 17.7. The van der Waals surface area contributed by atoms with E-state index in [0.29, 0.717) is 38.9 Å². The number of hydrogen-bond acceptors (Lipinski definition) is 7. The molecule has 2 aliphatic rings. The van der Waals surface area contributed by atoms with E-state index in [9.17, 15) is 4.79 Å². The summed E-state index contributed by atoms with van der Waals surface area (Å²) in [5.41, 5.74) is 6.07. The summed E-state index contributed by atoms with van der Waals surface area (Å²) >= 11 is 4.97. The topological polar surface area (TPSA) is 71.3 Å². The molecule has 1 atom stereocenters. The van der Waals surface area contributed by atoms with Crippen molar-refractivity contribution >= 4 is 39.0 Å². The van der Waals surface area contributed by atoms with Crippen molar-refractivity contribution in [3.63, 3.8) is 0 Å². The molecular weight excluding hydrogens is 616 g/mol. The second kappa shape index (κ2) is 11.7. The summed E-state index contributed by atoms with van der Waals surface area (Å²) in [7, 11) is 4.82. The number of hydrogen-bond donors (Lipinski definition) is 0. The zero-order valence-electron chi connectivity index (χ0n) is 23.5. The SMILES string of the molecule is C=CCOc1c(Br)cc(/C=c2\sc3n(c2=O)[C@@H](c2ccc(OC)c(OC)c2)C2=C(N=3)c3ccccc3CC2)cc1OC. The minimum Gasteiger partial charge on any atom is -0.493 e. The molecule has 2 heterocycles. The van der Waals surface area contributed by atoms with Crippen LogP contribution in [0, 0.1) is 0 Å². The molecular formula is C33H29BrN2O5S. The first-order chi connectivity index (χ1) is 20.5. The van der Waals surface area contributed by atoms with Crippen LogP contribution in [0.25, 0.3) is 11.8 Å². The molecule has 0 amide bonds. The molecule has 9 heteroatoms. The lowest BCUT2D eigenvalue weighted by atomic mass is 9.83. The van der Waals surface area contributed by atoms with Gasteiger partial charge in [-0.2, -0.15) is 0 Å². The van der Waals surface area contributed by atoms with Gasteiger partial charge in [0.15, 0.2) is 27.8 Å². The fraction of sp³-hybridized carbons (Fsp3) is 0.212. The molecule has 1 aliphatic heterocycles. The number of aryl methyl sites for hydroxylation is 1. The Morgan fingerprint density at radius 2 is 1.81 bits per heavy atom. The monoisotopic (exact) mass is 644 g/mol. The van der Waals surface area contributed by atoms with E-state index in [1.165, 1.54) is 16.9 Å². The third-order valence-corrected chi connectivity index (χ3v) is 9.06. The van der Waals surface area contributed by atoms with Gasteiger partial charge in [-0.25, -0.2) is 4.99 Å². The molecule has 42 heavy (non-hydrogen) atoms. The number of nitrogens with zero attached hydrogens (tertiary/aromatic N) is 2. The van der Waals surface area contributed by atoms with Gasteiger partial charge in [0, 0.05) is 5.56 Å². The zero-order chi connectivity index (χ0) is 29.4. The van der Waals surface area contributed by atoms with E-state index in [-0.39, 0.29) is 11.6 Å². The summed E-state index contributed by atoms with van der Waals surface area (Å²) in [5.74, 6) is 2.39. The van der Waals surface area contributed by atoms with Crippen LogP contribution in [0.1, 0.15) is 34.7 Å². The molecule has 0 N–H and O–H groups in total. The first-order valence-corrected chi connectivity index (χ1v) is 15.0. The molecule has 7 nitrogen and oxygen atoms in total. The maximum Gasteiger partial charge on any atom is 0.271 e. The Hall–Kier alpha value is -4.08. The number of thiazole rings is 1. The summed E-state index contributed by atoms with van der Waals surface area (Å²) in [4.78, 5) is 19.9. The average Bonchev–Trinajstić information content (AvgIpc) is 3.32. The lowest BCUT2D eigenvalue weighted by Gasteiger charge is -2.31. The molecule has 0 fully saturated rings. The van der Waals surface area contributed by atoms with E-state index in [1.54, 1.807) is 27.4 Å². The van der Waals surface area contributed by atoms with Crippen LogP contribution in [-0.4, -0.2) is 32.5 Å². The second-order valence-corrected chi connectivity index (χ2v) is 11.7. The highest BCUT2D eigenvalue weighted by molar-refractivity contribution is 9.10.